The van der Waals surface area contributed by atoms with Crippen molar-refractivity contribution >= 4 is 17.5 Å². The number of aliphatic hydroxyl groups excluding tert-OH is 1. The predicted molar refractivity (Wildman–Crippen MR) is 95.9 cm³/mol. The normalized spacial score (nSPS) is 12.6. The quantitative estimate of drug-likeness (QED) is 0.646. The number of pyridine rings is 1. The Hall–Kier alpha value is -2.98. The standard InChI is InChI=1S/C18H14ClF3N4O3/c1-9-25-15(29-26-9)8-24-17(28)12-5-10(14-3-2-13(19)7-23-14)4-11(6-12)16(27)18(20,21)22/h2-7,16,27H,8H2,1H3,(H,24,28). The van der Waals surface area contributed by atoms with Gasteiger partial charge in [0.25, 0.3) is 5.91 Å². The van der Waals surface area contributed by atoms with E-state index in [0.29, 0.717) is 10.8 Å². The second-order valence-electron chi connectivity index (χ2n) is 6.07. The number of alkyl halides is 3. The lowest BCUT2D eigenvalue weighted by atomic mass is 9.99. The van der Waals surface area contributed by atoms with Gasteiger partial charge in [0.2, 0.25) is 5.89 Å². The maximum atomic E-state index is 13.0. The molecule has 1 aromatic carbocycles. The van der Waals surface area contributed by atoms with Crippen LogP contribution in [0.5, 0.6) is 0 Å². The molecule has 0 aliphatic carbocycles. The highest BCUT2D eigenvalue weighted by Gasteiger charge is 2.39. The maximum absolute atomic E-state index is 13.0. The molecule has 0 saturated heterocycles. The van der Waals surface area contributed by atoms with Crippen molar-refractivity contribution in [1.29, 1.82) is 0 Å². The van der Waals surface area contributed by atoms with Gasteiger partial charge in [-0.25, -0.2) is 0 Å². The van der Waals surface area contributed by atoms with E-state index in [1.54, 1.807) is 6.92 Å². The minimum absolute atomic E-state index is 0.103. The molecular formula is C18H14ClF3N4O3. The summed E-state index contributed by atoms with van der Waals surface area (Å²) in [5.41, 5.74) is -0.104. The Balaban J connectivity index is 1.94. The monoisotopic (exact) mass is 426 g/mol. The van der Waals surface area contributed by atoms with Crippen molar-refractivity contribution in [3.63, 3.8) is 0 Å². The molecule has 0 spiro atoms. The highest BCUT2D eigenvalue weighted by Crippen LogP contribution is 2.35. The molecule has 0 bridgehead atoms. The van der Waals surface area contributed by atoms with Crippen LogP contribution >= 0.6 is 11.6 Å². The largest absolute Gasteiger partial charge is 0.418 e. The molecule has 1 amide bonds. The van der Waals surface area contributed by atoms with E-state index >= 15 is 0 Å². The Kier molecular flexibility index (Phi) is 5.85. The first-order valence-electron chi connectivity index (χ1n) is 8.22. The molecule has 3 rings (SSSR count). The van der Waals surface area contributed by atoms with Gasteiger partial charge in [-0.2, -0.15) is 18.2 Å². The highest BCUT2D eigenvalue weighted by molar-refractivity contribution is 6.30. The van der Waals surface area contributed by atoms with Crippen LogP contribution in [0.1, 0.15) is 33.7 Å². The second kappa shape index (κ2) is 8.18. The first-order chi connectivity index (χ1) is 13.6. The van der Waals surface area contributed by atoms with Gasteiger partial charge in [-0.3, -0.25) is 9.78 Å². The highest BCUT2D eigenvalue weighted by atomic mass is 35.5. The second-order valence-corrected chi connectivity index (χ2v) is 6.50. The van der Waals surface area contributed by atoms with E-state index in [2.05, 4.69) is 20.4 Å². The molecule has 2 N–H and O–H groups in total. The van der Waals surface area contributed by atoms with Gasteiger partial charge in [-0.05, 0) is 42.8 Å². The van der Waals surface area contributed by atoms with Crippen molar-refractivity contribution in [2.45, 2.75) is 25.7 Å². The number of amides is 1. The maximum Gasteiger partial charge on any atom is 0.418 e. The molecule has 1 unspecified atom stereocenters. The van der Waals surface area contributed by atoms with Crippen LogP contribution in [0.15, 0.2) is 41.1 Å². The summed E-state index contributed by atoms with van der Waals surface area (Å²) < 4.78 is 43.9. The number of carbonyl (C=O) groups excluding carboxylic acids is 1. The third-order valence-corrected chi connectivity index (χ3v) is 4.06. The molecule has 152 valence electrons. The molecule has 0 aliphatic rings. The molecule has 1 atom stereocenters. The van der Waals surface area contributed by atoms with Crippen LogP contribution in [-0.2, 0) is 6.54 Å². The molecule has 0 radical (unpaired) electrons. The molecule has 3 aromatic rings. The fraction of sp³-hybridized carbons (Fsp3) is 0.222. The van der Waals surface area contributed by atoms with E-state index in [1.165, 1.54) is 24.4 Å². The zero-order valence-electron chi connectivity index (χ0n) is 14.9. The number of rotatable bonds is 5. The van der Waals surface area contributed by atoms with Crippen LogP contribution in [0.2, 0.25) is 5.02 Å². The molecule has 0 aliphatic heterocycles. The summed E-state index contributed by atoms with van der Waals surface area (Å²) >= 11 is 5.79. The zero-order chi connectivity index (χ0) is 21.2. The van der Waals surface area contributed by atoms with Crippen LogP contribution in [0.4, 0.5) is 13.2 Å². The lowest BCUT2D eigenvalue weighted by Crippen LogP contribution is -2.24. The molecular weight excluding hydrogens is 413 g/mol. The van der Waals surface area contributed by atoms with Gasteiger partial charge < -0.3 is 14.9 Å². The molecule has 0 saturated carbocycles. The van der Waals surface area contributed by atoms with Crippen molar-refractivity contribution in [2.24, 2.45) is 0 Å². The molecule has 11 heteroatoms. The molecule has 2 heterocycles. The number of aromatic nitrogens is 3. The molecule has 0 fully saturated rings. The van der Waals surface area contributed by atoms with E-state index in [4.69, 9.17) is 16.1 Å². The van der Waals surface area contributed by atoms with Crippen LogP contribution in [0.3, 0.4) is 0 Å². The SMILES string of the molecule is Cc1noc(CNC(=O)c2cc(-c3ccc(Cl)cn3)cc(C(O)C(F)(F)F)c2)n1. The van der Waals surface area contributed by atoms with Gasteiger partial charge in [0.15, 0.2) is 11.9 Å². The van der Waals surface area contributed by atoms with Crippen LogP contribution in [0, 0.1) is 6.92 Å². The number of carbonyl (C=O) groups is 1. The summed E-state index contributed by atoms with van der Waals surface area (Å²) in [6, 6.07) is 6.44. The number of nitrogens with zero attached hydrogens (tertiary/aromatic N) is 3. The lowest BCUT2D eigenvalue weighted by molar-refractivity contribution is -0.206. The van der Waals surface area contributed by atoms with Crippen LogP contribution in [-0.4, -0.2) is 32.3 Å². The van der Waals surface area contributed by atoms with Gasteiger partial charge >= 0.3 is 6.18 Å². The number of halogens is 4. The molecule has 29 heavy (non-hydrogen) atoms. The fourth-order valence-electron chi connectivity index (χ4n) is 2.49. The smallest absolute Gasteiger partial charge is 0.379 e. The Bertz CT molecular complexity index is 1020. The van der Waals surface area contributed by atoms with Crippen molar-refractivity contribution in [3.05, 3.63) is 64.4 Å². The molecule has 7 nitrogen and oxygen atoms in total. The van der Waals surface area contributed by atoms with E-state index in [1.807, 2.05) is 0 Å². The Labute approximate surface area is 167 Å². The zero-order valence-corrected chi connectivity index (χ0v) is 15.6. The first kappa shape index (κ1) is 20.7. The third kappa shape index (κ3) is 5.09. The Morgan fingerprint density at radius 2 is 2.07 bits per heavy atom. The van der Waals surface area contributed by atoms with E-state index < -0.39 is 23.8 Å². The minimum atomic E-state index is -4.90. The average molecular weight is 427 g/mol. The van der Waals surface area contributed by atoms with E-state index in [9.17, 15) is 23.1 Å². The van der Waals surface area contributed by atoms with Gasteiger partial charge in [0.1, 0.15) is 0 Å². The van der Waals surface area contributed by atoms with Crippen LogP contribution < -0.4 is 5.32 Å². The fourth-order valence-corrected chi connectivity index (χ4v) is 2.61. The van der Waals surface area contributed by atoms with Crippen molar-refractivity contribution in [3.8, 4) is 11.3 Å². The number of aliphatic hydroxyl groups is 1. The van der Waals surface area contributed by atoms with E-state index in [0.717, 1.165) is 12.1 Å². The summed E-state index contributed by atoms with van der Waals surface area (Å²) in [4.78, 5) is 20.5. The minimum Gasteiger partial charge on any atom is -0.379 e. The number of benzene rings is 1. The average Bonchev–Trinajstić information content (AvgIpc) is 3.10. The summed E-state index contributed by atoms with van der Waals surface area (Å²) in [6.45, 7) is 1.49. The number of hydrogen-bond donors (Lipinski definition) is 2. The van der Waals surface area contributed by atoms with Crippen molar-refractivity contribution in [2.75, 3.05) is 0 Å². The third-order valence-electron chi connectivity index (χ3n) is 3.84. The van der Waals surface area contributed by atoms with E-state index in [-0.39, 0.29) is 29.3 Å². The first-order valence-corrected chi connectivity index (χ1v) is 8.60. The summed E-state index contributed by atoms with van der Waals surface area (Å²) in [6.07, 6.45) is -6.34. The Morgan fingerprint density at radius 3 is 2.66 bits per heavy atom. The Morgan fingerprint density at radius 1 is 1.31 bits per heavy atom. The topological polar surface area (TPSA) is 101 Å². The van der Waals surface area contributed by atoms with Gasteiger partial charge in [0.05, 0.1) is 17.3 Å². The van der Waals surface area contributed by atoms with Gasteiger partial charge in [0, 0.05) is 17.3 Å². The lowest BCUT2D eigenvalue weighted by Gasteiger charge is -2.17. The number of aryl methyl sites for hydroxylation is 1. The predicted octanol–water partition coefficient (Wildman–Crippen LogP) is 3.62. The number of hydrogen-bond acceptors (Lipinski definition) is 6. The van der Waals surface area contributed by atoms with Crippen molar-refractivity contribution < 1.29 is 27.6 Å². The molecule has 2 aromatic heterocycles. The van der Waals surface area contributed by atoms with Crippen molar-refractivity contribution in [1.82, 2.24) is 20.4 Å². The summed E-state index contributed by atoms with van der Waals surface area (Å²) in [7, 11) is 0. The number of nitrogens with one attached hydrogen (secondary N) is 1. The summed E-state index contributed by atoms with van der Waals surface area (Å²) in [5.74, 6) is -0.171. The van der Waals surface area contributed by atoms with Gasteiger partial charge in [-0.15, -0.1) is 0 Å². The summed E-state index contributed by atoms with van der Waals surface area (Å²) in [5, 5.41) is 16.1. The van der Waals surface area contributed by atoms with Gasteiger partial charge in [-0.1, -0.05) is 16.8 Å². The van der Waals surface area contributed by atoms with Crippen LogP contribution in [0.25, 0.3) is 11.3 Å².